The molecular formula is C58H89K2N15O11S5. The SMILES string of the molecule is C[C@@H]1CNC(C)(C)C1.Cc1nn(C)cc1S(=O)(=O)NC(=O)c1ccc(-n2ccc(O[C@@H]3C[C@@H]3C)n2)nc1N1C[C@@H](C)CC1(C)C.Cc1nn(C)cc1S(=O)(=O)NC(=O)c1ccc(-n2ccc(O[C@H]3C[C@H]3C)n2)nc1N1C[C@@H](C)CC1(C)C.O=CO[O-].S.S.S.[H-].[K+].[K+]. The maximum Gasteiger partial charge on any atom is 1.00 e. The van der Waals surface area contributed by atoms with E-state index in [0.717, 1.165) is 31.6 Å². The molecule has 33 heteroatoms. The standard InChI is InChI=1S/2C25H33N7O4S.C7H15N.CH2O3.2K.3H2S.H/c2*1-15-12-25(4,5)31(13-15)23-18(24(33)29-37(34,35)20-14-30(6)27-17(20)3)7-8-21(26-23)32-10-9-22(28-32)36-19-11-16(19)2;1-6-4-7(2,3)8-5-6;2-1-4-3;;;;;;/h2*7-10,14-16,19H,11-13H2,1-6H3,(H,29,33);6,8H,4-5H2,1-3H3;1,3H;;;3*1H2;/q;;;;2*+1;;;;-1/p-1/t15-,16+,19-;15-,16-,19+;6-;;;;;;;/m000......./s1. The van der Waals surface area contributed by atoms with Gasteiger partial charge < -0.3 is 36.2 Å². The van der Waals surface area contributed by atoms with E-state index >= 15 is 0 Å². The number of ether oxygens (including phenoxy) is 2. The summed E-state index contributed by atoms with van der Waals surface area (Å²) >= 11 is 0. The van der Waals surface area contributed by atoms with E-state index in [1.165, 1.54) is 34.7 Å². The Labute approximate surface area is 642 Å². The van der Waals surface area contributed by atoms with Gasteiger partial charge in [0.1, 0.15) is 33.6 Å². The number of hydrogen-bond acceptors (Lipinski definition) is 20. The van der Waals surface area contributed by atoms with Crippen LogP contribution in [0.25, 0.3) is 11.6 Å². The molecule has 0 aromatic carbocycles. The number of hydrogen-bond donors (Lipinski definition) is 3. The minimum atomic E-state index is -4.13. The number of aryl methyl sites for hydroxylation is 4. The van der Waals surface area contributed by atoms with Gasteiger partial charge in [0.2, 0.25) is 11.8 Å². The maximum absolute atomic E-state index is 13.4. The van der Waals surface area contributed by atoms with Crippen molar-refractivity contribution in [1.82, 2.24) is 63.9 Å². The van der Waals surface area contributed by atoms with Crippen LogP contribution >= 0.6 is 40.5 Å². The average Bonchev–Trinajstić information content (AvgIpc) is 1.17. The van der Waals surface area contributed by atoms with Crippen LogP contribution in [0.3, 0.4) is 0 Å². The number of sulfonamides is 2. The molecule has 6 aromatic rings. The van der Waals surface area contributed by atoms with Crippen molar-refractivity contribution in [2.75, 3.05) is 29.4 Å². The number of aromatic nitrogens is 10. The molecule has 0 unspecified atom stereocenters. The Balaban J connectivity index is 0.000000502. The van der Waals surface area contributed by atoms with Gasteiger partial charge in [-0.25, -0.2) is 45.6 Å². The first-order chi connectivity index (χ1) is 40.2. The molecule has 0 bridgehead atoms. The number of pyridine rings is 2. The van der Waals surface area contributed by atoms with E-state index in [1.807, 2.05) is 0 Å². The number of carbonyl (C=O) groups is 3. The summed E-state index contributed by atoms with van der Waals surface area (Å²) in [5, 5.41) is 29.1. The second-order valence-corrected chi connectivity index (χ2v) is 28.9. The smallest absolute Gasteiger partial charge is 1.00 e. The molecule has 26 nitrogen and oxygen atoms in total. The van der Waals surface area contributed by atoms with Crippen LogP contribution < -0.4 is 142 Å². The van der Waals surface area contributed by atoms with Gasteiger partial charge >= 0.3 is 103 Å². The van der Waals surface area contributed by atoms with E-state index in [-0.39, 0.29) is 195 Å². The van der Waals surface area contributed by atoms with Crippen molar-refractivity contribution in [3.05, 3.63) is 83.7 Å². The Bertz CT molecular complexity index is 3480. The van der Waals surface area contributed by atoms with Gasteiger partial charge in [0.05, 0.1) is 22.5 Å². The molecule has 7 atom stereocenters. The number of anilines is 2. The van der Waals surface area contributed by atoms with Crippen LogP contribution in [0.15, 0.2) is 71.0 Å². The van der Waals surface area contributed by atoms with Crippen molar-refractivity contribution in [3.63, 3.8) is 0 Å². The fourth-order valence-corrected chi connectivity index (χ4v) is 14.0. The van der Waals surface area contributed by atoms with Gasteiger partial charge in [-0.1, -0.05) is 34.6 Å². The van der Waals surface area contributed by atoms with Crippen molar-refractivity contribution in [1.29, 1.82) is 0 Å². The van der Waals surface area contributed by atoms with E-state index in [0.29, 0.717) is 88.7 Å². The molecular weight excluding hydrogens is 1320 g/mol. The predicted octanol–water partition coefficient (Wildman–Crippen LogP) is -0.0322. The average molecular weight is 1410 g/mol. The van der Waals surface area contributed by atoms with Crippen LogP contribution in [0.1, 0.15) is 142 Å². The van der Waals surface area contributed by atoms with Crippen molar-refractivity contribution < 1.29 is 155 Å². The molecule has 91 heavy (non-hydrogen) atoms. The molecule has 2 aliphatic carbocycles. The van der Waals surface area contributed by atoms with E-state index < -0.39 is 31.9 Å². The molecule has 2 saturated carbocycles. The summed E-state index contributed by atoms with van der Waals surface area (Å²) < 4.78 is 74.3. The predicted molar refractivity (Wildman–Crippen MR) is 350 cm³/mol. The van der Waals surface area contributed by atoms with Crippen LogP contribution in [0.4, 0.5) is 11.6 Å². The first kappa shape index (κ1) is 82.1. The minimum Gasteiger partial charge on any atom is -1.00 e. The fraction of sp³-hybridized carbons (Fsp3) is 0.569. The second kappa shape index (κ2) is 33.2. The molecule has 0 spiro atoms. The van der Waals surface area contributed by atoms with Crippen molar-refractivity contribution in [3.8, 4) is 23.4 Å². The Morgan fingerprint density at radius 2 is 0.989 bits per heavy atom. The second-order valence-electron chi connectivity index (χ2n) is 25.6. The van der Waals surface area contributed by atoms with Crippen LogP contribution in [-0.4, -0.2) is 133 Å². The zero-order valence-corrected chi connectivity index (χ0v) is 66.1. The number of nitrogens with zero attached hydrogens (tertiary/aromatic N) is 12. The fourth-order valence-electron chi connectivity index (χ4n) is 11.6. The zero-order chi connectivity index (χ0) is 63.0. The van der Waals surface area contributed by atoms with Crippen LogP contribution in [0.5, 0.6) is 11.8 Å². The third-order valence-electron chi connectivity index (χ3n) is 15.9. The molecule has 0 radical (unpaired) electrons. The first-order valence-corrected chi connectivity index (χ1v) is 31.8. The number of amides is 2. The van der Waals surface area contributed by atoms with Crippen LogP contribution in [0.2, 0.25) is 0 Å². The summed E-state index contributed by atoms with van der Waals surface area (Å²) in [6.07, 6.45) is 11.8. The monoisotopic (exact) mass is 1410 g/mol. The minimum absolute atomic E-state index is 0. The third kappa shape index (κ3) is 20.9. The Morgan fingerprint density at radius 1 is 0.626 bits per heavy atom. The Hall–Kier alpha value is -3.11. The molecule has 11 rings (SSSR count). The van der Waals surface area contributed by atoms with Gasteiger partial charge in [-0.05, 0) is 148 Å². The molecule has 6 aromatic heterocycles. The van der Waals surface area contributed by atoms with Gasteiger partial charge in [0.15, 0.2) is 11.6 Å². The van der Waals surface area contributed by atoms with Crippen molar-refractivity contribution in [2.45, 2.75) is 161 Å². The van der Waals surface area contributed by atoms with E-state index in [4.69, 9.17) is 29.5 Å². The summed E-state index contributed by atoms with van der Waals surface area (Å²) in [6.45, 7) is 29.3. The summed E-state index contributed by atoms with van der Waals surface area (Å²) in [4.78, 5) is 51.8. The molecule has 494 valence electrons. The number of rotatable bonds is 15. The largest absolute Gasteiger partial charge is 1.00 e. The third-order valence-corrected chi connectivity index (χ3v) is 18.7. The molecule has 5 fully saturated rings. The normalized spacial score (nSPS) is 21.9. The molecule has 5 aliphatic rings. The van der Waals surface area contributed by atoms with Crippen molar-refractivity contribution >= 4 is 90.5 Å². The number of carbonyl (C=O) groups excluding carboxylic acids is 3. The van der Waals surface area contributed by atoms with Crippen molar-refractivity contribution in [2.24, 2.45) is 43.7 Å². The Morgan fingerprint density at radius 3 is 1.24 bits per heavy atom. The zero-order valence-electron chi connectivity index (χ0n) is 56.2. The molecule has 2 amide bonds. The Kier molecular flexibility index (Phi) is 30.0. The summed E-state index contributed by atoms with van der Waals surface area (Å²) in [5.74, 6) is 4.07. The first-order valence-electron chi connectivity index (χ1n) is 28.8. The summed E-state index contributed by atoms with van der Waals surface area (Å²) in [5.41, 5.74) is 0.822. The van der Waals surface area contributed by atoms with Gasteiger partial charge in [-0.2, -0.15) is 50.7 Å². The van der Waals surface area contributed by atoms with Gasteiger partial charge in [-0.3, -0.25) is 23.7 Å². The summed E-state index contributed by atoms with van der Waals surface area (Å²) in [7, 11) is -5.01. The van der Waals surface area contributed by atoms with E-state index in [2.05, 4.69) is 126 Å². The molecule has 3 saturated heterocycles. The van der Waals surface area contributed by atoms with E-state index in [1.54, 1.807) is 86.1 Å². The molecule has 9 heterocycles. The summed E-state index contributed by atoms with van der Waals surface area (Å²) in [6, 6.07) is 10.1. The van der Waals surface area contributed by atoms with Gasteiger partial charge in [0.25, 0.3) is 38.3 Å². The quantitative estimate of drug-likeness (QED) is 0.0526. The van der Waals surface area contributed by atoms with E-state index in [9.17, 15) is 26.4 Å². The maximum atomic E-state index is 13.4. The number of nitrogens with one attached hydrogen (secondary N) is 3. The molecule has 3 aliphatic heterocycles. The topological polar surface area (TPSA) is 310 Å². The van der Waals surface area contributed by atoms with Gasteiger partial charge in [-0.15, -0.1) is 10.2 Å². The van der Waals surface area contributed by atoms with Crippen LogP contribution in [0, 0.1) is 43.4 Å². The van der Waals surface area contributed by atoms with Gasteiger partial charge in [0, 0.05) is 80.7 Å². The molecule has 3 N–H and O–H groups in total. The van der Waals surface area contributed by atoms with Crippen LogP contribution in [-0.2, 0) is 43.8 Å².